The second kappa shape index (κ2) is 5.80. The average molecular weight is 311 g/mol. The maximum atomic E-state index is 9.36. The molecule has 7 heteroatoms. The molecule has 1 saturated carbocycles. The lowest BCUT2D eigenvalue weighted by Crippen LogP contribution is -2.58. The molecule has 7 nitrogen and oxygen atoms in total. The van der Waals surface area contributed by atoms with Crippen molar-refractivity contribution in [2.75, 3.05) is 17.3 Å². The lowest BCUT2D eigenvalue weighted by Gasteiger charge is -2.45. The molecule has 5 N–H and O–H groups in total. The monoisotopic (exact) mass is 311 g/mol. The smallest absolute Gasteiger partial charge is 0.220 e. The van der Waals surface area contributed by atoms with Gasteiger partial charge in [-0.05, 0) is 43.9 Å². The SMILES string of the molecule is CNc1ccc(N2C(N)=NC(N)=NC23CCCCC3)cc1C#N. The standard InChI is InChI=1S/C16H21N7/c1-20-13-6-5-12(9-11(13)10-17)23-15(19)21-14(18)22-16(23)7-3-2-4-8-16/h5-6,9,20H,2-4,7-8H2,1H3,(H4,18,19,21,22). The summed E-state index contributed by atoms with van der Waals surface area (Å²) in [6.45, 7) is 0. The Labute approximate surface area is 135 Å². The maximum Gasteiger partial charge on any atom is 0.220 e. The molecule has 0 saturated heterocycles. The van der Waals surface area contributed by atoms with E-state index in [1.165, 1.54) is 6.42 Å². The van der Waals surface area contributed by atoms with Crippen LogP contribution in [0.4, 0.5) is 11.4 Å². The Kier molecular flexibility index (Phi) is 3.82. The summed E-state index contributed by atoms with van der Waals surface area (Å²) in [6.07, 6.45) is 5.07. The van der Waals surface area contributed by atoms with Gasteiger partial charge in [-0.1, -0.05) is 6.42 Å². The number of nitriles is 1. The molecular weight excluding hydrogens is 290 g/mol. The van der Waals surface area contributed by atoms with Gasteiger partial charge in [-0.25, -0.2) is 4.99 Å². The maximum absolute atomic E-state index is 9.36. The molecular formula is C16H21N7. The number of benzene rings is 1. The molecule has 2 aliphatic rings. The van der Waals surface area contributed by atoms with Crippen LogP contribution in [0, 0.1) is 11.3 Å². The van der Waals surface area contributed by atoms with Gasteiger partial charge in [-0.2, -0.15) is 10.3 Å². The minimum atomic E-state index is -0.484. The summed E-state index contributed by atoms with van der Waals surface area (Å²) in [7, 11) is 1.79. The molecule has 0 unspecified atom stereocenters. The van der Waals surface area contributed by atoms with Gasteiger partial charge in [0.15, 0.2) is 0 Å². The van der Waals surface area contributed by atoms with E-state index in [-0.39, 0.29) is 5.96 Å². The van der Waals surface area contributed by atoms with Crippen molar-refractivity contribution in [1.29, 1.82) is 5.26 Å². The van der Waals surface area contributed by atoms with Crippen LogP contribution in [0.2, 0.25) is 0 Å². The summed E-state index contributed by atoms with van der Waals surface area (Å²) in [5.74, 6) is 0.563. The molecule has 120 valence electrons. The van der Waals surface area contributed by atoms with E-state index in [1.807, 2.05) is 23.1 Å². The van der Waals surface area contributed by atoms with Gasteiger partial charge in [-0.15, -0.1) is 0 Å². The number of hydrogen-bond acceptors (Lipinski definition) is 7. The predicted molar refractivity (Wildman–Crippen MR) is 92.2 cm³/mol. The zero-order valence-corrected chi connectivity index (χ0v) is 13.2. The Bertz CT molecular complexity index is 708. The first-order valence-corrected chi connectivity index (χ1v) is 7.81. The predicted octanol–water partition coefficient (Wildman–Crippen LogP) is 1.71. The van der Waals surface area contributed by atoms with Crippen LogP contribution in [-0.4, -0.2) is 24.6 Å². The third kappa shape index (κ3) is 2.57. The molecule has 0 amide bonds. The minimum absolute atomic E-state index is 0.230. The Morgan fingerprint density at radius 2 is 2.00 bits per heavy atom. The van der Waals surface area contributed by atoms with Gasteiger partial charge in [0.05, 0.1) is 11.3 Å². The van der Waals surface area contributed by atoms with Gasteiger partial charge < -0.3 is 16.8 Å². The normalized spacial score (nSPS) is 19.7. The Morgan fingerprint density at radius 3 is 2.65 bits per heavy atom. The van der Waals surface area contributed by atoms with Gasteiger partial charge in [0.2, 0.25) is 11.9 Å². The first kappa shape index (κ1) is 15.2. The number of rotatable bonds is 2. The van der Waals surface area contributed by atoms with Gasteiger partial charge in [-0.3, -0.25) is 4.90 Å². The van der Waals surface area contributed by atoms with E-state index < -0.39 is 5.66 Å². The highest BCUT2D eigenvalue weighted by Crippen LogP contribution is 2.40. The van der Waals surface area contributed by atoms with E-state index >= 15 is 0 Å². The highest BCUT2D eigenvalue weighted by atomic mass is 15.4. The molecule has 23 heavy (non-hydrogen) atoms. The van der Waals surface area contributed by atoms with E-state index in [0.29, 0.717) is 11.5 Å². The summed E-state index contributed by atoms with van der Waals surface area (Å²) in [5.41, 5.74) is 13.7. The number of nitrogens with one attached hydrogen (secondary N) is 1. The second-order valence-corrected chi connectivity index (χ2v) is 5.91. The summed E-state index contributed by atoms with van der Waals surface area (Å²) in [5, 5.41) is 12.4. The number of hydrogen-bond donors (Lipinski definition) is 3. The van der Waals surface area contributed by atoms with E-state index in [1.54, 1.807) is 7.05 Å². The fourth-order valence-corrected chi connectivity index (χ4v) is 3.48. The largest absolute Gasteiger partial charge is 0.387 e. The number of guanidine groups is 2. The Morgan fingerprint density at radius 1 is 1.26 bits per heavy atom. The van der Waals surface area contributed by atoms with Crippen LogP contribution < -0.4 is 21.7 Å². The van der Waals surface area contributed by atoms with Crippen LogP contribution in [0.1, 0.15) is 37.7 Å². The number of aliphatic imine (C=N–C) groups is 2. The molecule has 1 heterocycles. The van der Waals surface area contributed by atoms with Crippen molar-refractivity contribution < 1.29 is 0 Å². The summed E-state index contributed by atoms with van der Waals surface area (Å²) in [6, 6.07) is 7.84. The van der Waals surface area contributed by atoms with Gasteiger partial charge in [0.1, 0.15) is 11.7 Å². The molecule has 1 aromatic rings. The molecule has 3 rings (SSSR count). The molecule has 1 aliphatic carbocycles. The van der Waals surface area contributed by atoms with E-state index in [9.17, 15) is 5.26 Å². The second-order valence-electron chi connectivity index (χ2n) is 5.91. The van der Waals surface area contributed by atoms with Crippen molar-refractivity contribution in [2.24, 2.45) is 21.5 Å². The van der Waals surface area contributed by atoms with Crippen molar-refractivity contribution in [3.05, 3.63) is 23.8 Å². The van der Waals surface area contributed by atoms with E-state index in [4.69, 9.17) is 11.5 Å². The zero-order valence-electron chi connectivity index (χ0n) is 13.2. The highest BCUT2D eigenvalue weighted by Gasteiger charge is 2.42. The van der Waals surface area contributed by atoms with E-state index in [0.717, 1.165) is 37.1 Å². The van der Waals surface area contributed by atoms with Crippen molar-refractivity contribution in [3.8, 4) is 6.07 Å². The van der Waals surface area contributed by atoms with Crippen molar-refractivity contribution in [1.82, 2.24) is 0 Å². The fourth-order valence-electron chi connectivity index (χ4n) is 3.48. The van der Waals surface area contributed by atoms with Gasteiger partial charge in [0, 0.05) is 12.7 Å². The minimum Gasteiger partial charge on any atom is -0.387 e. The summed E-state index contributed by atoms with van der Waals surface area (Å²) < 4.78 is 0. The zero-order chi connectivity index (χ0) is 16.4. The van der Waals surface area contributed by atoms with Crippen LogP contribution in [0.15, 0.2) is 28.2 Å². The van der Waals surface area contributed by atoms with Crippen molar-refractivity contribution in [3.63, 3.8) is 0 Å². The quantitative estimate of drug-likeness (QED) is 0.769. The first-order valence-electron chi connectivity index (χ1n) is 7.81. The molecule has 0 atom stereocenters. The third-order valence-electron chi connectivity index (χ3n) is 4.50. The topological polar surface area (TPSA) is 116 Å². The molecule has 1 spiro atoms. The Hall–Kier alpha value is -2.75. The fraction of sp³-hybridized carbons (Fsp3) is 0.438. The molecule has 0 bridgehead atoms. The van der Waals surface area contributed by atoms with Gasteiger partial charge in [0.25, 0.3) is 0 Å². The van der Waals surface area contributed by atoms with Gasteiger partial charge >= 0.3 is 0 Å². The van der Waals surface area contributed by atoms with Crippen LogP contribution in [0.3, 0.4) is 0 Å². The van der Waals surface area contributed by atoms with Crippen LogP contribution >= 0.6 is 0 Å². The van der Waals surface area contributed by atoms with Crippen LogP contribution in [-0.2, 0) is 0 Å². The lowest BCUT2D eigenvalue weighted by molar-refractivity contribution is 0.305. The highest BCUT2D eigenvalue weighted by molar-refractivity contribution is 6.05. The van der Waals surface area contributed by atoms with E-state index in [2.05, 4.69) is 21.4 Å². The molecule has 1 aliphatic heterocycles. The first-order chi connectivity index (χ1) is 11.1. The number of anilines is 2. The van der Waals surface area contributed by atoms with Crippen LogP contribution in [0.25, 0.3) is 0 Å². The summed E-state index contributed by atoms with van der Waals surface area (Å²) in [4.78, 5) is 10.7. The van der Waals surface area contributed by atoms with Crippen LogP contribution in [0.5, 0.6) is 0 Å². The Balaban J connectivity index is 2.09. The average Bonchev–Trinajstić information content (AvgIpc) is 2.54. The summed E-state index contributed by atoms with van der Waals surface area (Å²) >= 11 is 0. The third-order valence-corrected chi connectivity index (χ3v) is 4.50. The molecule has 0 aromatic heterocycles. The number of nitrogens with two attached hydrogens (primary N) is 2. The lowest BCUT2D eigenvalue weighted by atomic mass is 9.87. The van der Waals surface area contributed by atoms with Crippen molar-refractivity contribution in [2.45, 2.75) is 37.8 Å². The molecule has 1 aromatic carbocycles. The van der Waals surface area contributed by atoms with Crippen molar-refractivity contribution >= 4 is 23.3 Å². The number of nitrogens with zero attached hydrogens (tertiary/aromatic N) is 4. The molecule has 0 radical (unpaired) electrons. The molecule has 1 fully saturated rings.